The third-order valence-corrected chi connectivity index (χ3v) is 11.6. The molecule has 3 aromatic heterocycles. The van der Waals surface area contributed by atoms with Crippen molar-refractivity contribution in [3.05, 3.63) is 176 Å². The van der Waals surface area contributed by atoms with Gasteiger partial charge in [-0.25, -0.2) is 0 Å². The van der Waals surface area contributed by atoms with Crippen molar-refractivity contribution in [1.82, 2.24) is 0 Å². The maximum atomic E-state index is 6.42. The summed E-state index contributed by atoms with van der Waals surface area (Å²) >= 11 is 1.87. The average molecular weight is 684 g/mol. The minimum absolute atomic E-state index is 0.870. The average Bonchev–Trinajstić information content (AvgIpc) is 3.90. The van der Waals surface area contributed by atoms with Gasteiger partial charge in [0.15, 0.2) is 0 Å². The lowest BCUT2D eigenvalue weighted by molar-refractivity contribution is 0.668. The molecule has 0 saturated heterocycles. The molecule has 0 radical (unpaired) electrons. The lowest BCUT2D eigenvalue weighted by Crippen LogP contribution is -2.10. The van der Waals surface area contributed by atoms with E-state index >= 15 is 0 Å². The van der Waals surface area contributed by atoms with E-state index in [-0.39, 0.29) is 0 Å². The standard InChI is InChI=1S/C48H29NO2S/c1-2-11-31(12-3-1)34-15-8-16-37-38-17-9-19-41(48(38)52-47(34)37)49(40-18-10-22-44-46(40)39-14-5-7-21-43(39)50-44)33-26-23-30(24-27-33)32-25-28-36-35-13-4-6-20-42(35)51-45(36)29-32/h1-29H. The fourth-order valence-electron chi connectivity index (χ4n) is 7.89. The molecule has 52 heavy (non-hydrogen) atoms. The Balaban J connectivity index is 1.12. The Morgan fingerprint density at radius 3 is 1.81 bits per heavy atom. The molecule has 0 spiro atoms. The van der Waals surface area contributed by atoms with Crippen molar-refractivity contribution < 1.29 is 8.83 Å². The van der Waals surface area contributed by atoms with Crippen molar-refractivity contribution in [3.8, 4) is 22.3 Å². The molecule has 0 bridgehead atoms. The SMILES string of the molecule is c1ccc(-c2cccc3c2sc2c(N(c4ccc(-c5ccc6c(c5)oc5ccccc56)cc4)c4cccc5oc6ccccc6c45)cccc23)cc1. The first-order chi connectivity index (χ1) is 25.8. The van der Waals surface area contributed by atoms with Gasteiger partial charge >= 0.3 is 0 Å². The summed E-state index contributed by atoms with van der Waals surface area (Å²) in [7, 11) is 0. The van der Waals surface area contributed by atoms with Crippen LogP contribution in [0.15, 0.2) is 185 Å². The van der Waals surface area contributed by atoms with E-state index in [1.165, 1.54) is 31.3 Å². The van der Waals surface area contributed by atoms with Gasteiger partial charge in [0.1, 0.15) is 22.3 Å². The first-order valence-electron chi connectivity index (χ1n) is 17.5. The van der Waals surface area contributed by atoms with Crippen LogP contribution in [0.5, 0.6) is 0 Å². The normalized spacial score (nSPS) is 11.8. The van der Waals surface area contributed by atoms with Crippen molar-refractivity contribution in [3.63, 3.8) is 0 Å². The topological polar surface area (TPSA) is 29.5 Å². The quantitative estimate of drug-likeness (QED) is 0.181. The highest BCUT2D eigenvalue weighted by molar-refractivity contribution is 7.27. The van der Waals surface area contributed by atoms with Crippen LogP contribution in [0.3, 0.4) is 0 Å². The number of fused-ring (bicyclic) bond motifs is 9. The van der Waals surface area contributed by atoms with E-state index in [1.54, 1.807) is 0 Å². The highest BCUT2D eigenvalue weighted by Gasteiger charge is 2.23. The van der Waals surface area contributed by atoms with Crippen molar-refractivity contribution in [2.45, 2.75) is 0 Å². The van der Waals surface area contributed by atoms with Crippen LogP contribution in [0.25, 0.3) is 86.3 Å². The zero-order valence-corrected chi connectivity index (χ0v) is 28.7. The van der Waals surface area contributed by atoms with E-state index in [1.807, 2.05) is 29.5 Å². The summed E-state index contributed by atoms with van der Waals surface area (Å²) in [5, 5.41) is 6.99. The minimum Gasteiger partial charge on any atom is -0.456 e. The third kappa shape index (κ3) is 4.45. The summed E-state index contributed by atoms with van der Waals surface area (Å²) in [6, 6.07) is 62.5. The Morgan fingerprint density at radius 1 is 0.365 bits per heavy atom. The predicted molar refractivity (Wildman–Crippen MR) is 219 cm³/mol. The Bertz CT molecular complexity index is 3130. The Labute approximate surface area is 303 Å². The molecule has 0 amide bonds. The first-order valence-corrected chi connectivity index (χ1v) is 18.3. The molecule has 11 aromatic rings. The molecule has 3 nitrogen and oxygen atoms in total. The fraction of sp³-hybridized carbons (Fsp3) is 0. The molecule has 11 rings (SSSR count). The Kier molecular flexibility index (Phi) is 6.42. The second kappa shape index (κ2) is 11.5. The number of furan rings is 2. The zero-order chi connectivity index (χ0) is 34.2. The molecule has 0 N–H and O–H groups in total. The summed E-state index contributed by atoms with van der Waals surface area (Å²) in [6.07, 6.45) is 0. The van der Waals surface area contributed by atoms with Crippen LogP contribution in [0.1, 0.15) is 0 Å². The predicted octanol–water partition coefficient (Wildman–Crippen LogP) is 14.7. The van der Waals surface area contributed by atoms with Crippen molar-refractivity contribution in [2.75, 3.05) is 4.90 Å². The number of anilines is 3. The van der Waals surface area contributed by atoms with Gasteiger partial charge in [-0.3, -0.25) is 0 Å². The number of para-hydroxylation sites is 2. The Hall–Kier alpha value is -6.62. The summed E-state index contributed by atoms with van der Waals surface area (Å²) in [6.45, 7) is 0. The van der Waals surface area contributed by atoms with E-state index in [2.05, 4.69) is 163 Å². The highest BCUT2D eigenvalue weighted by atomic mass is 32.1. The fourth-order valence-corrected chi connectivity index (χ4v) is 9.22. The molecule has 0 aliphatic carbocycles. The highest BCUT2D eigenvalue weighted by Crippen LogP contribution is 2.49. The molecule has 0 fully saturated rings. The van der Waals surface area contributed by atoms with E-state index < -0.39 is 0 Å². The molecular formula is C48H29NO2S. The largest absolute Gasteiger partial charge is 0.456 e. The van der Waals surface area contributed by atoms with Gasteiger partial charge in [0.2, 0.25) is 0 Å². The van der Waals surface area contributed by atoms with Gasteiger partial charge in [-0.1, -0.05) is 121 Å². The first kappa shape index (κ1) is 29.1. The molecule has 3 heterocycles. The summed E-state index contributed by atoms with van der Waals surface area (Å²) in [4.78, 5) is 2.41. The number of benzene rings is 8. The number of hydrogen-bond acceptors (Lipinski definition) is 4. The molecule has 0 unspecified atom stereocenters. The molecule has 4 heteroatoms. The molecule has 0 atom stereocenters. The van der Waals surface area contributed by atoms with Gasteiger partial charge in [0.25, 0.3) is 0 Å². The van der Waals surface area contributed by atoms with Gasteiger partial charge in [-0.05, 0) is 76.9 Å². The van der Waals surface area contributed by atoms with Crippen molar-refractivity contribution in [1.29, 1.82) is 0 Å². The van der Waals surface area contributed by atoms with Crippen LogP contribution >= 0.6 is 11.3 Å². The van der Waals surface area contributed by atoms with E-state index in [9.17, 15) is 0 Å². The number of hydrogen-bond donors (Lipinski definition) is 0. The van der Waals surface area contributed by atoms with E-state index in [0.29, 0.717) is 0 Å². The summed E-state index contributed by atoms with van der Waals surface area (Å²) in [5.74, 6) is 0. The van der Waals surface area contributed by atoms with E-state index in [4.69, 9.17) is 8.83 Å². The molecule has 0 aliphatic rings. The van der Waals surface area contributed by atoms with Crippen LogP contribution in [-0.2, 0) is 0 Å². The molecular weight excluding hydrogens is 655 g/mol. The maximum Gasteiger partial charge on any atom is 0.137 e. The summed E-state index contributed by atoms with van der Waals surface area (Å²) < 4.78 is 15.2. The van der Waals surface area contributed by atoms with Crippen molar-refractivity contribution >= 4 is 92.4 Å². The van der Waals surface area contributed by atoms with Gasteiger partial charge in [0, 0.05) is 37.3 Å². The zero-order valence-electron chi connectivity index (χ0n) is 27.9. The minimum atomic E-state index is 0.870. The van der Waals surface area contributed by atoms with Gasteiger partial charge in [-0.2, -0.15) is 0 Å². The van der Waals surface area contributed by atoms with Crippen LogP contribution in [0.2, 0.25) is 0 Å². The van der Waals surface area contributed by atoms with Gasteiger partial charge < -0.3 is 13.7 Å². The number of nitrogens with zero attached hydrogens (tertiary/aromatic N) is 1. The van der Waals surface area contributed by atoms with E-state index in [0.717, 1.165) is 72.1 Å². The van der Waals surface area contributed by atoms with Crippen LogP contribution in [0, 0.1) is 0 Å². The number of thiophene rings is 1. The molecule has 8 aromatic carbocycles. The lowest BCUT2D eigenvalue weighted by Gasteiger charge is -2.27. The van der Waals surface area contributed by atoms with Crippen molar-refractivity contribution in [2.24, 2.45) is 0 Å². The van der Waals surface area contributed by atoms with Gasteiger partial charge in [-0.15, -0.1) is 11.3 Å². The van der Waals surface area contributed by atoms with Crippen LogP contribution < -0.4 is 4.90 Å². The number of rotatable bonds is 5. The molecule has 244 valence electrons. The molecule has 0 saturated carbocycles. The van der Waals surface area contributed by atoms with Crippen LogP contribution in [-0.4, -0.2) is 0 Å². The summed E-state index contributed by atoms with van der Waals surface area (Å²) in [5.41, 5.74) is 11.6. The second-order valence-corrected chi connectivity index (χ2v) is 14.3. The van der Waals surface area contributed by atoms with Gasteiger partial charge in [0.05, 0.1) is 21.5 Å². The Morgan fingerprint density at radius 2 is 0.962 bits per heavy atom. The third-order valence-electron chi connectivity index (χ3n) is 10.3. The maximum absolute atomic E-state index is 6.42. The monoisotopic (exact) mass is 683 g/mol. The molecule has 0 aliphatic heterocycles. The second-order valence-electron chi connectivity index (χ2n) is 13.2. The smallest absolute Gasteiger partial charge is 0.137 e. The lowest BCUT2D eigenvalue weighted by atomic mass is 10.0. The van der Waals surface area contributed by atoms with Crippen LogP contribution in [0.4, 0.5) is 17.1 Å².